The molecule has 0 nitrogen and oxygen atoms in total. The monoisotopic (exact) mass is 278 g/mol. The van der Waals surface area contributed by atoms with Crippen LogP contribution >= 0.6 is 23.5 Å². The van der Waals surface area contributed by atoms with Crippen LogP contribution in [0.15, 0.2) is 36.4 Å². The molecule has 0 aliphatic carbocycles. The number of rotatable bonds is 0. The average Bonchev–Trinajstić information content (AvgIpc) is 2.62. The fourth-order valence-corrected chi connectivity index (χ4v) is 3.48. The molecule has 2 aliphatic heterocycles. The van der Waals surface area contributed by atoms with E-state index in [4.69, 9.17) is 11.0 Å². The molecular weight excluding hydrogens is 256 g/mol. The lowest BCUT2D eigenvalue weighted by atomic mass is 9.90. The topological polar surface area (TPSA) is 0 Å². The van der Waals surface area contributed by atoms with Crippen LogP contribution in [-0.2, 0) is 22.8 Å². The van der Waals surface area contributed by atoms with E-state index in [1.807, 2.05) is 0 Å². The molecule has 90 valence electrons. The molecule has 2 aromatic rings. The number of hydrogen-bond acceptors (Lipinski definition) is 2. The van der Waals surface area contributed by atoms with Crippen LogP contribution in [0.25, 0.3) is 11.1 Å². The highest BCUT2D eigenvalue weighted by molar-refractivity contribution is 7.98. The highest BCUT2D eigenvalue weighted by Gasteiger charge is 2.22. The van der Waals surface area contributed by atoms with Crippen LogP contribution in [0.1, 0.15) is 33.2 Å². The molecule has 0 aromatic heterocycles. The zero-order valence-electron chi connectivity index (χ0n) is 17.3. The van der Waals surface area contributed by atoms with Crippen LogP contribution in [-0.4, -0.2) is 0 Å². The lowest BCUT2D eigenvalue weighted by molar-refractivity contribution is 1.32. The van der Waals surface area contributed by atoms with E-state index in [2.05, 4.69) is 0 Å². The molecule has 0 saturated carbocycles. The van der Waals surface area contributed by atoms with Gasteiger partial charge in [0, 0.05) is 33.8 Å². The van der Waals surface area contributed by atoms with E-state index in [-0.39, 0.29) is 33.4 Å². The minimum atomic E-state index is -2.09. The van der Waals surface area contributed by atoms with Crippen LogP contribution in [0.5, 0.6) is 0 Å². The molecule has 0 atom stereocenters. The van der Waals surface area contributed by atoms with E-state index in [0.717, 1.165) is 0 Å². The molecular formula is C16H14S2. The van der Waals surface area contributed by atoms with E-state index in [0.29, 0.717) is 23.5 Å². The maximum absolute atomic E-state index is 8.44. The Kier molecular flexibility index (Phi) is 1.36. The van der Waals surface area contributed by atoms with E-state index < -0.39 is 22.8 Å². The summed E-state index contributed by atoms with van der Waals surface area (Å²) >= 11 is 1.04. The summed E-state index contributed by atoms with van der Waals surface area (Å²) in [4.78, 5) is 0. The molecule has 0 amide bonds. The first-order valence-corrected chi connectivity index (χ1v) is 7.19. The van der Waals surface area contributed by atoms with E-state index in [9.17, 15) is 0 Å². The first-order valence-electron chi connectivity index (χ1n) is 9.55. The molecule has 0 radical (unpaired) electrons. The summed E-state index contributed by atoms with van der Waals surface area (Å²) in [6.45, 7) is 0. The van der Waals surface area contributed by atoms with Gasteiger partial charge in [0.25, 0.3) is 0 Å². The minimum Gasteiger partial charge on any atom is -0.152 e. The predicted molar refractivity (Wildman–Crippen MR) is 81.9 cm³/mol. The SMILES string of the molecule is [2H]C1([2H])SC([2H])([2H])c2cccc3c2-c2c1cccc2C([2H])([2H])SC3([2H])[2H]. The number of benzene rings is 2. The molecule has 4 rings (SSSR count). The third kappa shape index (κ3) is 1.63. The van der Waals surface area contributed by atoms with Crippen molar-refractivity contribution in [1.29, 1.82) is 0 Å². The second-order valence-electron chi connectivity index (χ2n) is 4.07. The molecule has 2 heteroatoms. The lowest BCUT2D eigenvalue weighted by Gasteiger charge is -2.14. The standard InChI is InChI=1S/C16H14S2/c1-3-11-7-17-9-13-5-2-6-14-10-18-8-12(4-1)15(11)16(13)14/h1-6H,7-10H2/i7D2,8D2,9D2,10D2. The van der Waals surface area contributed by atoms with Gasteiger partial charge in [-0.05, 0) is 33.4 Å². The average molecular weight is 278 g/mol. The number of hydrogen-bond donors (Lipinski definition) is 0. The molecule has 0 spiro atoms. The van der Waals surface area contributed by atoms with Gasteiger partial charge in [0.2, 0.25) is 0 Å². The van der Waals surface area contributed by atoms with Crippen molar-refractivity contribution in [3.05, 3.63) is 58.7 Å². The van der Waals surface area contributed by atoms with Crippen molar-refractivity contribution in [2.75, 3.05) is 0 Å². The molecule has 2 aromatic carbocycles. The molecule has 0 unspecified atom stereocenters. The second kappa shape index (κ2) is 4.36. The van der Waals surface area contributed by atoms with Crippen LogP contribution < -0.4 is 0 Å². The Balaban J connectivity index is 2.26. The van der Waals surface area contributed by atoms with Gasteiger partial charge in [-0.15, -0.1) is 0 Å². The molecule has 0 bridgehead atoms. The van der Waals surface area contributed by atoms with Gasteiger partial charge in [-0.25, -0.2) is 0 Å². The smallest absolute Gasteiger partial charge is 0.0431 e. The van der Waals surface area contributed by atoms with Gasteiger partial charge in [-0.1, -0.05) is 36.4 Å². The van der Waals surface area contributed by atoms with Crippen molar-refractivity contribution in [3.63, 3.8) is 0 Å². The Hall–Kier alpha value is -0.860. The zero-order chi connectivity index (χ0) is 19.1. The van der Waals surface area contributed by atoms with Crippen molar-refractivity contribution < 1.29 is 11.0 Å². The predicted octanol–water partition coefficient (Wildman–Crippen LogP) is 4.85. The first-order chi connectivity index (χ1) is 11.9. The lowest BCUT2D eigenvalue weighted by Crippen LogP contribution is -1.94. The van der Waals surface area contributed by atoms with Gasteiger partial charge in [0.05, 0.1) is 0 Å². The highest BCUT2D eigenvalue weighted by atomic mass is 32.2. The Morgan fingerprint density at radius 1 is 0.667 bits per heavy atom. The van der Waals surface area contributed by atoms with Crippen LogP contribution in [0.2, 0.25) is 0 Å². The molecule has 2 aliphatic rings. The molecule has 18 heavy (non-hydrogen) atoms. The number of thioether (sulfide) groups is 2. The molecule has 0 N–H and O–H groups in total. The van der Waals surface area contributed by atoms with Gasteiger partial charge in [0.15, 0.2) is 0 Å². The summed E-state index contributed by atoms with van der Waals surface area (Å²) in [6.07, 6.45) is 0. The summed E-state index contributed by atoms with van der Waals surface area (Å²) < 4.78 is 67.5. The van der Waals surface area contributed by atoms with Gasteiger partial charge in [-0.3, -0.25) is 0 Å². The first kappa shape index (κ1) is 5.64. The summed E-state index contributed by atoms with van der Waals surface area (Å²) in [5.41, 5.74) is -7.12. The minimum absolute atomic E-state index is 0.178. The Morgan fingerprint density at radius 2 is 1.00 bits per heavy atom. The van der Waals surface area contributed by atoms with Crippen molar-refractivity contribution in [3.8, 4) is 11.1 Å². The van der Waals surface area contributed by atoms with Crippen molar-refractivity contribution in [1.82, 2.24) is 0 Å². The van der Waals surface area contributed by atoms with Gasteiger partial charge in [0.1, 0.15) is 0 Å². The van der Waals surface area contributed by atoms with Gasteiger partial charge < -0.3 is 0 Å². The summed E-state index contributed by atoms with van der Waals surface area (Å²) in [5, 5.41) is 0. The summed E-state index contributed by atoms with van der Waals surface area (Å²) in [5.74, 6) is 0. The Labute approximate surface area is 127 Å². The molecule has 0 saturated heterocycles. The Morgan fingerprint density at radius 3 is 1.33 bits per heavy atom. The normalized spacial score (nSPS) is 34.4. The third-order valence-corrected chi connectivity index (χ3v) is 4.31. The van der Waals surface area contributed by atoms with Gasteiger partial charge in [-0.2, -0.15) is 23.5 Å². The second-order valence-corrected chi connectivity index (χ2v) is 5.29. The molecule has 0 fully saturated rings. The fraction of sp³-hybridized carbons (Fsp3) is 0.250. The quantitative estimate of drug-likeness (QED) is 0.676. The third-order valence-electron chi connectivity index (χ3n) is 3.02. The summed E-state index contributed by atoms with van der Waals surface area (Å²) in [7, 11) is 0. The fourth-order valence-electron chi connectivity index (χ4n) is 2.25. The maximum atomic E-state index is 8.44. The van der Waals surface area contributed by atoms with Crippen molar-refractivity contribution in [2.45, 2.75) is 22.8 Å². The van der Waals surface area contributed by atoms with Gasteiger partial charge >= 0.3 is 0 Å². The summed E-state index contributed by atoms with van der Waals surface area (Å²) in [6, 6.07) is 9.25. The van der Waals surface area contributed by atoms with Crippen LogP contribution in [0, 0.1) is 0 Å². The largest absolute Gasteiger partial charge is 0.152 e. The molecule has 2 heterocycles. The van der Waals surface area contributed by atoms with Crippen LogP contribution in [0.4, 0.5) is 0 Å². The highest BCUT2D eigenvalue weighted by Crippen LogP contribution is 2.44. The Bertz CT molecular complexity index is 782. The maximum Gasteiger partial charge on any atom is 0.0431 e. The van der Waals surface area contributed by atoms with Crippen LogP contribution in [0.3, 0.4) is 0 Å². The zero-order valence-corrected chi connectivity index (χ0v) is 10.9. The van der Waals surface area contributed by atoms with E-state index in [1.54, 1.807) is 12.1 Å². The van der Waals surface area contributed by atoms with Crippen molar-refractivity contribution >= 4 is 23.5 Å². The van der Waals surface area contributed by atoms with E-state index >= 15 is 0 Å². The van der Waals surface area contributed by atoms with Crippen molar-refractivity contribution in [2.24, 2.45) is 0 Å². The van der Waals surface area contributed by atoms with E-state index in [1.165, 1.54) is 24.3 Å².